The molecule has 2 saturated heterocycles. The lowest BCUT2D eigenvalue weighted by atomic mass is 9.99. The summed E-state index contributed by atoms with van der Waals surface area (Å²) >= 11 is 0. The fraction of sp³-hybridized carbons (Fsp3) is 0.684. The maximum absolute atomic E-state index is 2.63. The van der Waals surface area contributed by atoms with Crippen LogP contribution in [0.15, 0.2) is 24.3 Å². The molecule has 0 unspecified atom stereocenters. The van der Waals surface area contributed by atoms with Crippen molar-refractivity contribution in [1.82, 2.24) is 9.80 Å². The molecule has 0 saturated carbocycles. The van der Waals surface area contributed by atoms with E-state index in [4.69, 9.17) is 0 Å². The largest absolute Gasteiger partial charge is 0.369 e. The smallest absolute Gasteiger partial charge is 0.0367 e. The van der Waals surface area contributed by atoms with Gasteiger partial charge >= 0.3 is 0 Å². The number of piperazine rings is 1. The van der Waals surface area contributed by atoms with Gasteiger partial charge in [-0.15, -0.1) is 0 Å². The minimum absolute atomic E-state index is 0.930. The molecular weight excluding hydrogens is 270 g/mol. The van der Waals surface area contributed by atoms with Gasteiger partial charge in [-0.1, -0.05) is 19.1 Å². The normalized spacial score (nSPS) is 22.2. The van der Waals surface area contributed by atoms with Crippen molar-refractivity contribution in [3.8, 4) is 0 Å². The van der Waals surface area contributed by atoms with E-state index in [9.17, 15) is 0 Å². The quantitative estimate of drug-likeness (QED) is 0.846. The summed E-state index contributed by atoms with van der Waals surface area (Å²) in [6.07, 6.45) is 3.95. The molecule has 0 N–H and O–H groups in total. The lowest BCUT2D eigenvalue weighted by molar-refractivity contribution is 0.194. The van der Waals surface area contributed by atoms with Crippen LogP contribution in [0.25, 0.3) is 0 Å². The van der Waals surface area contributed by atoms with E-state index in [1.807, 2.05) is 0 Å². The molecule has 0 radical (unpaired) electrons. The van der Waals surface area contributed by atoms with Gasteiger partial charge in [0.1, 0.15) is 0 Å². The number of piperidine rings is 1. The molecule has 2 aliphatic heterocycles. The lowest BCUT2D eigenvalue weighted by Crippen LogP contribution is -2.44. The molecule has 2 fully saturated rings. The number of anilines is 1. The summed E-state index contributed by atoms with van der Waals surface area (Å²) < 4.78 is 0. The topological polar surface area (TPSA) is 9.72 Å². The van der Waals surface area contributed by atoms with Gasteiger partial charge < -0.3 is 14.7 Å². The molecule has 0 amide bonds. The first-order valence-electron chi connectivity index (χ1n) is 8.95. The highest BCUT2D eigenvalue weighted by Crippen LogP contribution is 2.19. The highest BCUT2D eigenvalue weighted by molar-refractivity contribution is 5.48. The first-order chi connectivity index (χ1) is 10.7. The monoisotopic (exact) mass is 301 g/mol. The van der Waals surface area contributed by atoms with Crippen molar-refractivity contribution in [2.24, 2.45) is 5.92 Å². The van der Waals surface area contributed by atoms with E-state index < -0.39 is 0 Å². The van der Waals surface area contributed by atoms with E-state index in [1.54, 1.807) is 0 Å². The van der Waals surface area contributed by atoms with Crippen LogP contribution in [0.5, 0.6) is 0 Å². The average Bonchev–Trinajstić information content (AvgIpc) is 2.56. The number of rotatable bonds is 4. The number of nitrogens with zero attached hydrogens (tertiary/aromatic N) is 3. The summed E-state index contributed by atoms with van der Waals surface area (Å²) in [5.74, 6) is 0.930. The number of hydrogen-bond acceptors (Lipinski definition) is 3. The zero-order valence-electron chi connectivity index (χ0n) is 14.3. The Morgan fingerprint density at radius 2 is 1.55 bits per heavy atom. The second-order valence-electron chi connectivity index (χ2n) is 7.23. The lowest BCUT2D eigenvalue weighted by Gasteiger charge is -2.34. The Kier molecular flexibility index (Phi) is 5.37. The molecule has 1 aromatic carbocycles. The Hall–Kier alpha value is -1.06. The highest BCUT2D eigenvalue weighted by Gasteiger charge is 2.16. The van der Waals surface area contributed by atoms with E-state index in [0.29, 0.717) is 0 Å². The van der Waals surface area contributed by atoms with Gasteiger partial charge in [0.25, 0.3) is 0 Å². The average molecular weight is 301 g/mol. The van der Waals surface area contributed by atoms with Gasteiger partial charge in [0.15, 0.2) is 0 Å². The fourth-order valence-corrected chi connectivity index (χ4v) is 3.51. The Morgan fingerprint density at radius 1 is 0.909 bits per heavy atom. The van der Waals surface area contributed by atoms with Crippen molar-refractivity contribution in [3.05, 3.63) is 29.8 Å². The zero-order valence-corrected chi connectivity index (χ0v) is 14.3. The molecule has 3 rings (SSSR count). The molecular formula is C19H31N3. The predicted molar refractivity (Wildman–Crippen MR) is 94.7 cm³/mol. The fourth-order valence-electron chi connectivity index (χ4n) is 3.51. The van der Waals surface area contributed by atoms with Gasteiger partial charge in [0.05, 0.1) is 0 Å². The maximum atomic E-state index is 2.63. The number of likely N-dealkylation sites (N-methyl/N-ethyl adjacent to an activating group) is 1. The van der Waals surface area contributed by atoms with E-state index in [0.717, 1.165) is 19.0 Å². The van der Waals surface area contributed by atoms with Crippen molar-refractivity contribution in [3.63, 3.8) is 0 Å². The molecule has 3 nitrogen and oxygen atoms in total. The van der Waals surface area contributed by atoms with Crippen LogP contribution in [0.3, 0.4) is 0 Å². The summed E-state index contributed by atoms with van der Waals surface area (Å²) in [7, 11) is 2.21. The van der Waals surface area contributed by atoms with Crippen LogP contribution in [0.2, 0.25) is 0 Å². The zero-order chi connectivity index (χ0) is 15.4. The number of benzene rings is 1. The van der Waals surface area contributed by atoms with Gasteiger partial charge in [-0.2, -0.15) is 0 Å². The molecule has 1 aromatic rings. The minimum Gasteiger partial charge on any atom is -0.369 e. The first-order valence-corrected chi connectivity index (χ1v) is 8.95. The third kappa shape index (κ3) is 4.23. The van der Waals surface area contributed by atoms with E-state index >= 15 is 0 Å². The summed E-state index contributed by atoms with van der Waals surface area (Å²) in [5, 5.41) is 0. The van der Waals surface area contributed by atoms with Crippen LogP contribution in [-0.4, -0.2) is 62.7 Å². The van der Waals surface area contributed by atoms with E-state index in [1.165, 1.54) is 63.2 Å². The molecule has 3 heteroatoms. The molecule has 0 spiro atoms. The van der Waals surface area contributed by atoms with Crippen molar-refractivity contribution < 1.29 is 0 Å². The Labute approximate surface area is 135 Å². The Morgan fingerprint density at radius 3 is 2.18 bits per heavy atom. The molecule has 0 atom stereocenters. The molecule has 122 valence electrons. The van der Waals surface area contributed by atoms with Crippen LogP contribution < -0.4 is 4.90 Å². The minimum atomic E-state index is 0.930. The molecule has 22 heavy (non-hydrogen) atoms. The summed E-state index contributed by atoms with van der Waals surface area (Å²) in [5.41, 5.74) is 2.88. The third-order valence-corrected chi connectivity index (χ3v) is 5.40. The van der Waals surface area contributed by atoms with Crippen molar-refractivity contribution in [2.45, 2.75) is 26.2 Å². The van der Waals surface area contributed by atoms with Gasteiger partial charge in [-0.3, -0.25) is 0 Å². The van der Waals surface area contributed by atoms with Crippen LogP contribution in [0.4, 0.5) is 5.69 Å². The molecule has 0 aromatic heterocycles. The van der Waals surface area contributed by atoms with E-state index in [2.05, 4.69) is 52.9 Å². The summed E-state index contributed by atoms with van der Waals surface area (Å²) in [4.78, 5) is 7.55. The SMILES string of the molecule is CC1CCN(CCc2ccc(N3CCN(C)CC3)cc2)CC1. The van der Waals surface area contributed by atoms with Crippen molar-refractivity contribution >= 4 is 5.69 Å². The Balaban J connectivity index is 1.47. The molecule has 0 aliphatic carbocycles. The van der Waals surface area contributed by atoms with Crippen LogP contribution in [-0.2, 0) is 6.42 Å². The number of likely N-dealkylation sites (tertiary alicyclic amines) is 1. The van der Waals surface area contributed by atoms with Gasteiger partial charge in [0, 0.05) is 38.4 Å². The summed E-state index contributed by atoms with van der Waals surface area (Å²) in [6.45, 7) is 10.9. The van der Waals surface area contributed by atoms with Crippen molar-refractivity contribution in [2.75, 3.05) is 57.8 Å². The molecule has 2 heterocycles. The molecule has 2 aliphatic rings. The van der Waals surface area contributed by atoms with Crippen LogP contribution in [0.1, 0.15) is 25.3 Å². The van der Waals surface area contributed by atoms with Gasteiger partial charge in [-0.25, -0.2) is 0 Å². The maximum Gasteiger partial charge on any atom is 0.0367 e. The van der Waals surface area contributed by atoms with Gasteiger partial charge in [-0.05, 0) is 63.0 Å². The number of hydrogen-bond donors (Lipinski definition) is 0. The van der Waals surface area contributed by atoms with Crippen molar-refractivity contribution in [1.29, 1.82) is 0 Å². The summed E-state index contributed by atoms with van der Waals surface area (Å²) in [6, 6.07) is 9.30. The van der Waals surface area contributed by atoms with E-state index in [-0.39, 0.29) is 0 Å². The first kappa shape index (κ1) is 15.8. The van der Waals surface area contributed by atoms with Crippen LogP contribution >= 0.6 is 0 Å². The highest BCUT2D eigenvalue weighted by atomic mass is 15.2. The Bertz CT molecular complexity index is 440. The van der Waals surface area contributed by atoms with Gasteiger partial charge in [0.2, 0.25) is 0 Å². The third-order valence-electron chi connectivity index (χ3n) is 5.40. The second kappa shape index (κ2) is 7.47. The standard InChI is InChI=1S/C19H31N3/c1-17-7-10-21(11-8-17)12-9-18-3-5-19(6-4-18)22-15-13-20(2)14-16-22/h3-6,17H,7-16H2,1-2H3. The predicted octanol–water partition coefficient (Wildman–Crippen LogP) is 2.71. The second-order valence-corrected chi connectivity index (χ2v) is 7.23. The molecule has 0 bridgehead atoms. The van der Waals surface area contributed by atoms with Crippen LogP contribution in [0, 0.1) is 5.92 Å².